The minimum absolute atomic E-state index is 0. The van der Waals surface area contributed by atoms with Crippen molar-refractivity contribution in [3.8, 4) is 0 Å². The zero-order valence-electron chi connectivity index (χ0n) is 17.1. The van der Waals surface area contributed by atoms with Gasteiger partial charge in [-0.2, -0.15) is 0 Å². The van der Waals surface area contributed by atoms with Crippen molar-refractivity contribution in [2.75, 3.05) is 52.5 Å². The highest BCUT2D eigenvalue weighted by Crippen LogP contribution is 2.28. The molecule has 1 heterocycles. The Morgan fingerprint density at radius 1 is 1.15 bits per heavy atom. The summed E-state index contributed by atoms with van der Waals surface area (Å²) in [5.41, 5.74) is 0. The van der Waals surface area contributed by atoms with Gasteiger partial charge in [0.15, 0.2) is 5.96 Å². The fourth-order valence-corrected chi connectivity index (χ4v) is 3.22. The van der Waals surface area contributed by atoms with Crippen molar-refractivity contribution in [3.05, 3.63) is 0 Å². The SMILES string of the molecule is CCNC(=NCC(CC(C)C)N1CCOCC1)NCCNC(=O)C1CC1.I. The number of hydrogen-bond donors (Lipinski definition) is 3. The lowest BCUT2D eigenvalue weighted by molar-refractivity contribution is -0.122. The monoisotopic (exact) mass is 495 g/mol. The van der Waals surface area contributed by atoms with Gasteiger partial charge in [-0.3, -0.25) is 14.7 Å². The Morgan fingerprint density at radius 2 is 1.81 bits per heavy atom. The highest BCUT2D eigenvalue weighted by molar-refractivity contribution is 14.0. The molecule has 0 aromatic rings. The molecule has 0 spiro atoms. The van der Waals surface area contributed by atoms with E-state index in [9.17, 15) is 4.79 Å². The zero-order valence-corrected chi connectivity index (χ0v) is 19.5. The summed E-state index contributed by atoms with van der Waals surface area (Å²) < 4.78 is 5.49. The molecule has 0 bridgehead atoms. The first-order valence-electron chi connectivity index (χ1n) is 10.2. The first-order chi connectivity index (χ1) is 12.6. The van der Waals surface area contributed by atoms with E-state index < -0.39 is 0 Å². The van der Waals surface area contributed by atoms with Gasteiger partial charge < -0.3 is 20.7 Å². The average molecular weight is 495 g/mol. The minimum atomic E-state index is 0. The predicted molar refractivity (Wildman–Crippen MR) is 121 cm³/mol. The minimum Gasteiger partial charge on any atom is -0.379 e. The average Bonchev–Trinajstić information content (AvgIpc) is 3.47. The lowest BCUT2D eigenvalue weighted by atomic mass is 10.0. The maximum absolute atomic E-state index is 11.7. The number of carbonyl (C=O) groups excluding carboxylic acids is 1. The van der Waals surface area contributed by atoms with E-state index in [1.165, 1.54) is 0 Å². The van der Waals surface area contributed by atoms with Gasteiger partial charge in [0, 0.05) is 44.7 Å². The molecule has 2 rings (SSSR count). The molecule has 1 aliphatic carbocycles. The van der Waals surface area contributed by atoms with Crippen molar-refractivity contribution in [1.29, 1.82) is 0 Å². The summed E-state index contributed by atoms with van der Waals surface area (Å²) in [5, 5.41) is 9.61. The summed E-state index contributed by atoms with van der Waals surface area (Å²) in [5.74, 6) is 1.93. The molecular weight excluding hydrogens is 457 g/mol. The standard InChI is InChI=1S/C19H37N5O2.HI/c1-4-20-19(22-8-7-21-18(25)16-5-6-16)23-14-17(13-15(2)3)24-9-11-26-12-10-24;/h15-17H,4-14H2,1-3H3,(H,21,25)(H2,20,22,23);1H. The Morgan fingerprint density at radius 3 is 2.41 bits per heavy atom. The van der Waals surface area contributed by atoms with Gasteiger partial charge in [-0.1, -0.05) is 13.8 Å². The van der Waals surface area contributed by atoms with Gasteiger partial charge in [0.1, 0.15) is 0 Å². The molecule has 1 saturated carbocycles. The van der Waals surface area contributed by atoms with Crippen molar-refractivity contribution in [1.82, 2.24) is 20.9 Å². The van der Waals surface area contributed by atoms with E-state index in [1.807, 2.05) is 0 Å². The molecule has 0 aromatic heterocycles. The summed E-state index contributed by atoms with van der Waals surface area (Å²) in [4.78, 5) is 19.0. The molecule has 27 heavy (non-hydrogen) atoms. The Kier molecular flexibility index (Phi) is 12.3. The number of amides is 1. The Balaban J connectivity index is 0.00000364. The molecule has 2 aliphatic rings. The molecule has 1 unspecified atom stereocenters. The van der Waals surface area contributed by atoms with Gasteiger partial charge >= 0.3 is 0 Å². The summed E-state index contributed by atoms with van der Waals surface area (Å²) in [6, 6.07) is 0.448. The van der Waals surface area contributed by atoms with Crippen LogP contribution in [-0.2, 0) is 9.53 Å². The highest BCUT2D eigenvalue weighted by atomic mass is 127. The van der Waals surface area contributed by atoms with E-state index in [-0.39, 0.29) is 35.8 Å². The van der Waals surface area contributed by atoms with Gasteiger partial charge in [0.25, 0.3) is 0 Å². The normalized spacial score (nSPS) is 19.3. The third kappa shape index (κ3) is 9.94. The lowest BCUT2D eigenvalue weighted by Gasteiger charge is -2.34. The summed E-state index contributed by atoms with van der Waals surface area (Å²) in [6.45, 7) is 13.2. The Labute approximate surface area is 181 Å². The number of ether oxygens (including phenoxy) is 1. The fourth-order valence-electron chi connectivity index (χ4n) is 3.22. The summed E-state index contributed by atoms with van der Waals surface area (Å²) in [6.07, 6.45) is 3.23. The maximum atomic E-state index is 11.7. The van der Waals surface area contributed by atoms with Crippen LogP contribution in [0.25, 0.3) is 0 Å². The summed E-state index contributed by atoms with van der Waals surface area (Å²) in [7, 11) is 0. The largest absolute Gasteiger partial charge is 0.379 e. The van der Waals surface area contributed by atoms with E-state index >= 15 is 0 Å². The Bertz CT molecular complexity index is 451. The lowest BCUT2D eigenvalue weighted by Crippen LogP contribution is -2.47. The molecule has 8 heteroatoms. The van der Waals surface area contributed by atoms with E-state index in [0.717, 1.165) is 64.6 Å². The predicted octanol–water partition coefficient (Wildman–Crippen LogP) is 1.43. The molecule has 3 N–H and O–H groups in total. The molecule has 0 aromatic carbocycles. The number of morpholine rings is 1. The summed E-state index contributed by atoms with van der Waals surface area (Å²) >= 11 is 0. The van der Waals surface area contributed by atoms with Crippen molar-refractivity contribution >= 4 is 35.8 Å². The first kappa shape index (κ1) is 24.4. The van der Waals surface area contributed by atoms with Crippen molar-refractivity contribution in [2.24, 2.45) is 16.8 Å². The van der Waals surface area contributed by atoms with E-state index in [4.69, 9.17) is 9.73 Å². The number of rotatable bonds is 10. The maximum Gasteiger partial charge on any atom is 0.223 e. The van der Waals surface area contributed by atoms with E-state index in [1.54, 1.807) is 0 Å². The first-order valence-corrected chi connectivity index (χ1v) is 10.2. The number of guanidine groups is 1. The fraction of sp³-hybridized carbons (Fsp3) is 0.895. The second-order valence-electron chi connectivity index (χ2n) is 7.64. The van der Waals surface area contributed by atoms with Crippen LogP contribution in [0.4, 0.5) is 0 Å². The molecule has 1 aliphatic heterocycles. The number of hydrogen-bond acceptors (Lipinski definition) is 4. The molecule has 2 fully saturated rings. The van der Waals surface area contributed by atoms with Gasteiger partial charge in [-0.15, -0.1) is 24.0 Å². The molecule has 1 atom stereocenters. The number of nitrogens with zero attached hydrogens (tertiary/aromatic N) is 2. The number of carbonyl (C=O) groups is 1. The van der Waals surface area contributed by atoms with Crippen LogP contribution in [-0.4, -0.2) is 75.3 Å². The molecule has 1 amide bonds. The third-order valence-electron chi connectivity index (χ3n) is 4.77. The highest BCUT2D eigenvalue weighted by Gasteiger charge is 2.29. The molecule has 7 nitrogen and oxygen atoms in total. The van der Waals surface area contributed by atoms with E-state index in [0.29, 0.717) is 25.0 Å². The van der Waals surface area contributed by atoms with Crippen molar-refractivity contribution in [3.63, 3.8) is 0 Å². The Hall–Kier alpha value is -0.610. The quantitative estimate of drug-likeness (QED) is 0.185. The molecule has 158 valence electrons. The molecule has 1 saturated heterocycles. The van der Waals surface area contributed by atoms with Crippen LogP contribution in [0.15, 0.2) is 4.99 Å². The second-order valence-corrected chi connectivity index (χ2v) is 7.64. The van der Waals surface area contributed by atoms with Crippen molar-refractivity contribution in [2.45, 2.75) is 46.1 Å². The molecular formula is C19H38IN5O2. The van der Waals surface area contributed by atoms with Crippen LogP contribution >= 0.6 is 24.0 Å². The van der Waals surface area contributed by atoms with Crippen LogP contribution in [0.2, 0.25) is 0 Å². The van der Waals surface area contributed by atoms with E-state index in [2.05, 4.69) is 41.6 Å². The van der Waals surface area contributed by atoms with Crippen LogP contribution in [0.5, 0.6) is 0 Å². The van der Waals surface area contributed by atoms with Gasteiger partial charge in [0.05, 0.1) is 19.8 Å². The van der Waals surface area contributed by atoms with Crippen LogP contribution in [0, 0.1) is 11.8 Å². The molecule has 0 radical (unpaired) electrons. The van der Waals surface area contributed by atoms with Gasteiger partial charge in [0.2, 0.25) is 5.91 Å². The number of halogens is 1. The topological polar surface area (TPSA) is 78.0 Å². The second kappa shape index (κ2) is 13.5. The van der Waals surface area contributed by atoms with Crippen LogP contribution < -0.4 is 16.0 Å². The van der Waals surface area contributed by atoms with Crippen LogP contribution in [0.1, 0.15) is 40.0 Å². The zero-order chi connectivity index (χ0) is 18.8. The smallest absolute Gasteiger partial charge is 0.223 e. The van der Waals surface area contributed by atoms with Gasteiger partial charge in [-0.25, -0.2) is 0 Å². The van der Waals surface area contributed by atoms with Crippen molar-refractivity contribution < 1.29 is 9.53 Å². The third-order valence-corrected chi connectivity index (χ3v) is 4.77. The number of aliphatic imine (C=N–C) groups is 1. The number of nitrogens with one attached hydrogen (secondary N) is 3. The van der Waals surface area contributed by atoms with Gasteiger partial charge in [-0.05, 0) is 32.1 Å². The van der Waals surface area contributed by atoms with Crippen LogP contribution in [0.3, 0.4) is 0 Å².